The predicted molar refractivity (Wildman–Crippen MR) is 113 cm³/mol. The standard InChI is InChI=1S/C22H24ClNO5/c1-5-11-24(17-9-7-6-8-10-17)20(25)14-28-22(26)16-12-18(23)21(29-15(2)3)19(13-16)27-4/h5-10,12-13,15H,1,11,14H2,2-4H3. The Kier molecular flexibility index (Phi) is 8.09. The average Bonchev–Trinajstić information content (AvgIpc) is 2.71. The van der Waals surface area contributed by atoms with Gasteiger partial charge in [-0.2, -0.15) is 0 Å². The van der Waals surface area contributed by atoms with Crippen LogP contribution in [0.4, 0.5) is 5.69 Å². The number of halogens is 1. The Morgan fingerprint density at radius 1 is 1.21 bits per heavy atom. The van der Waals surface area contributed by atoms with Crippen LogP contribution in [0.25, 0.3) is 0 Å². The number of carbonyl (C=O) groups excluding carboxylic acids is 2. The molecule has 154 valence electrons. The van der Waals surface area contributed by atoms with E-state index in [1.54, 1.807) is 18.2 Å². The van der Waals surface area contributed by atoms with E-state index in [-0.39, 0.29) is 22.6 Å². The van der Waals surface area contributed by atoms with E-state index in [0.717, 1.165) is 0 Å². The largest absolute Gasteiger partial charge is 0.493 e. The van der Waals surface area contributed by atoms with Gasteiger partial charge in [-0.1, -0.05) is 35.9 Å². The summed E-state index contributed by atoms with van der Waals surface area (Å²) in [5.74, 6) is -0.413. The first-order valence-electron chi connectivity index (χ1n) is 9.05. The van der Waals surface area contributed by atoms with Gasteiger partial charge in [0.2, 0.25) is 0 Å². The van der Waals surface area contributed by atoms with Crippen LogP contribution in [0, 0.1) is 0 Å². The van der Waals surface area contributed by atoms with Crippen molar-refractivity contribution >= 4 is 29.2 Å². The Hall–Kier alpha value is -2.99. The van der Waals surface area contributed by atoms with E-state index in [4.69, 9.17) is 25.8 Å². The minimum atomic E-state index is -0.693. The highest BCUT2D eigenvalue weighted by molar-refractivity contribution is 6.32. The molecule has 0 spiro atoms. The number of hydrogen-bond donors (Lipinski definition) is 0. The smallest absolute Gasteiger partial charge is 0.338 e. The SMILES string of the molecule is C=CCN(C(=O)COC(=O)c1cc(Cl)c(OC(C)C)c(OC)c1)c1ccccc1. The highest BCUT2D eigenvalue weighted by Crippen LogP contribution is 2.37. The summed E-state index contributed by atoms with van der Waals surface area (Å²) in [6.45, 7) is 7.24. The molecule has 1 amide bonds. The molecule has 0 heterocycles. The van der Waals surface area contributed by atoms with Gasteiger partial charge in [0, 0.05) is 12.2 Å². The molecule has 0 aliphatic rings. The van der Waals surface area contributed by atoms with Gasteiger partial charge < -0.3 is 19.1 Å². The molecular formula is C22H24ClNO5. The van der Waals surface area contributed by atoms with Gasteiger partial charge in [-0.15, -0.1) is 6.58 Å². The summed E-state index contributed by atoms with van der Waals surface area (Å²) in [6.07, 6.45) is 1.48. The van der Waals surface area contributed by atoms with Gasteiger partial charge in [-0.25, -0.2) is 4.79 Å². The van der Waals surface area contributed by atoms with Crippen LogP contribution in [0.1, 0.15) is 24.2 Å². The fourth-order valence-corrected chi connectivity index (χ4v) is 2.82. The number of esters is 1. The molecule has 0 radical (unpaired) electrons. The molecule has 0 N–H and O–H groups in total. The van der Waals surface area contributed by atoms with Crippen molar-refractivity contribution in [1.82, 2.24) is 0 Å². The Bertz CT molecular complexity index is 867. The number of para-hydroxylation sites is 1. The van der Waals surface area contributed by atoms with Crippen molar-refractivity contribution < 1.29 is 23.8 Å². The first kappa shape index (κ1) is 22.3. The third-order valence-corrected chi connectivity index (χ3v) is 4.11. The van der Waals surface area contributed by atoms with Crippen LogP contribution in [0.15, 0.2) is 55.1 Å². The third kappa shape index (κ3) is 5.99. The van der Waals surface area contributed by atoms with Crippen LogP contribution in [0.3, 0.4) is 0 Å². The Labute approximate surface area is 175 Å². The summed E-state index contributed by atoms with van der Waals surface area (Å²) in [7, 11) is 1.45. The summed E-state index contributed by atoms with van der Waals surface area (Å²) in [5, 5.41) is 0.217. The lowest BCUT2D eigenvalue weighted by Crippen LogP contribution is -2.34. The topological polar surface area (TPSA) is 65.1 Å². The second-order valence-electron chi connectivity index (χ2n) is 6.36. The van der Waals surface area contributed by atoms with Crippen LogP contribution >= 0.6 is 11.6 Å². The molecule has 29 heavy (non-hydrogen) atoms. The quantitative estimate of drug-likeness (QED) is 0.443. The van der Waals surface area contributed by atoms with Crippen LogP contribution in [0.2, 0.25) is 5.02 Å². The summed E-state index contributed by atoms with van der Waals surface area (Å²) < 4.78 is 16.1. The van der Waals surface area contributed by atoms with Gasteiger partial charge in [-0.3, -0.25) is 4.79 Å². The number of rotatable bonds is 9. The third-order valence-electron chi connectivity index (χ3n) is 3.83. The van der Waals surface area contributed by atoms with Crippen LogP contribution in [-0.2, 0) is 9.53 Å². The van der Waals surface area contributed by atoms with Crippen molar-refractivity contribution in [2.75, 3.05) is 25.2 Å². The fourth-order valence-electron chi connectivity index (χ4n) is 2.56. The van der Waals surface area contributed by atoms with Crippen molar-refractivity contribution in [1.29, 1.82) is 0 Å². The van der Waals surface area contributed by atoms with Crippen LogP contribution < -0.4 is 14.4 Å². The number of benzene rings is 2. The Morgan fingerprint density at radius 2 is 1.90 bits per heavy atom. The first-order valence-corrected chi connectivity index (χ1v) is 9.42. The molecule has 0 saturated carbocycles. The number of methoxy groups -OCH3 is 1. The van der Waals surface area contributed by atoms with E-state index in [2.05, 4.69) is 6.58 Å². The molecule has 2 aromatic rings. The normalized spacial score (nSPS) is 10.4. The molecule has 0 unspecified atom stereocenters. The number of ether oxygens (including phenoxy) is 3. The second-order valence-corrected chi connectivity index (χ2v) is 6.77. The zero-order valence-corrected chi connectivity index (χ0v) is 17.4. The minimum Gasteiger partial charge on any atom is -0.493 e. The molecule has 0 fully saturated rings. The minimum absolute atomic E-state index is 0.120. The second kappa shape index (κ2) is 10.5. The molecule has 0 aliphatic heterocycles. The van der Waals surface area contributed by atoms with E-state index in [0.29, 0.717) is 23.7 Å². The van der Waals surface area contributed by atoms with Gasteiger partial charge in [0.1, 0.15) is 0 Å². The lowest BCUT2D eigenvalue weighted by molar-refractivity contribution is -0.121. The highest BCUT2D eigenvalue weighted by Gasteiger charge is 2.20. The summed E-state index contributed by atoms with van der Waals surface area (Å²) >= 11 is 6.24. The van der Waals surface area contributed by atoms with E-state index in [1.807, 2.05) is 32.0 Å². The lowest BCUT2D eigenvalue weighted by atomic mass is 10.2. The maximum Gasteiger partial charge on any atom is 0.338 e. The van der Waals surface area contributed by atoms with Crippen molar-refractivity contribution in [2.24, 2.45) is 0 Å². The van der Waals surface area contributed by atoms with Gasteiger partial charge >= 0.3 is 5.97 Å². The van der Waals surface area contributed by atoms with E-state index in [1.165, 1.54) is 24.1 Å². The van der Waals surface area contributed by atoms with Crippen LogP contribution in [0.5, 0.6) is 11.5 Å². The van der Waals surface area contributed by atoms with Gasteiger partial charge in [0.25, 0.3) is 5.91 Å². The van der Waals surface area contributed by atoms with E-state index < -0.39 is 12.6 Å². The molecule has 0 saturated heterocycles. The molecular weight excluding hydrogens is 394 g/mol. The van der Waals surface area contributed by atoms with Crippen LogP contribution in [-0.4, -0.2) is 38.2 Å². The molecule has 0 bridgehead atoms. The summed E-state index contributed by atoms with van der Waals surface area (Å²) in [6, 6.07) is 12.0. The first-order chi connectivity index (χ1) is 13.9. The molecule has 6 nitrogen and oxygen atoms in total. The number of carbonyl (C=O) groups is 2. The lowest BCUT2D eigenvalue weighted by Gasteiger charge is -2.21. The predicted octanol–water partition coefficient (Wildman–Crippen LogP) is 4.51. The molecule has 0 aromatic heterocycles. The van der Waals surface area contributed by atoms with Gasteiger partial charge in [-0.05, 0) is 38.1 Å². The Morgan fingerprint density at radius 3 is 2.48 bits per heavy atom. The number of nitrogens with zero attached hydrogens (tertiary/aromatic N) is 1. The maximum absolute atomic E-state index is 12.6. The average molecular weight is 418 g/mol. The zero-order valence-electron chi connectivity index (χ0n) is 16.7. The summed E-state index contributed by atoms with van der Waals surface area (Å²) in [5.41, 5.74) is 0.846. The van der Waals surface area contributed by atoms with Crippen molar-refractivity contribution in [3.63, 3.8) is 0 Å². The number of amides is 1. The maximum atomic E-state index is 12.6. The van der Waals surface area contributed by atoms with Crippen molar-refractivity contribution in [3.8, 4) is 11.5 Å². The van der Waals surface area contributed by atoms with E-state index >= 15 is 0 Å². The molecule has 0 atom stereocenters. The molecule has 7 heteroatoms. The van der Waals surface area contributed by atoms with Crippen molar-refractivity contribution in [3.05, 3.63) is 65.7 Å². The van der Waals surface area contributed by atoms with Gasteiger partial charge in [0.05, 0.1) is 23.8 Å². The zero-order chi connectivity index (χ0) is 21.4. The van der Waals surface area contributed by atoms with Crippen molar-refractivity contribution in [2.45, 2.75) is 20.0 Å². The molecule has 0 aliphatic carbocycles. The summed E-state index contributed by atoms with van der Waals surface area (Å²) in [4.78, 5) is 26.5. The highest BCUT2D eigenvalue weighted by atomic mass is 35.5. The van der Waals surface area contributed by atoms with E-state index in [9.17, 15) is 9.59 Å². The molecule has 2 rings (SSSR count). The molecule has 2 aromatic carbocycles. The Balaban J connectivity index is 2.12. The fraction of sp³-hybridized carbons (Fsp3) is 0.273. The van der Waals surface area contributed by atoms with Gasteiger partial charge in [0.15, 0.2) is 18.1 Å². The number of anilines is 1. The number of hydrogen-bond acceptors (Lipinski definition) is 5. The monoisotopic (exact) mass is 417 g/mol.